The van der Waals surface area contributed by atoms with Gasteiger partial charge >= 0.3 is 0 Å². The second-order valence-electron chi connectivity index (χ2n) is 6.56. The second-order valence-corrected chi connectivity index (χ2v) is 7.92. The number of carbonyl (C=O) groups excluding carboxylic acids is 1. The largest absolute Gasteiger partial charge is 0.332 e. The number of aromatic nitrogens is 4. The predicted octanol–water partition coefficient (Wildman–Crippen LogP) is 4.12. The van der Waals surface area contributed by atoms with E-state index in [0.717, 1.165) is 58.3 Å². The molecule has 0 unspecified atom stereocenters. The van der Waals surface area contributed by atoms with Gasteiger partial charge in [-0.2, -0.15) is 9.61 Å². The van der Waals surface area contributed by atoms with Crippen molar-refractivity contribution in [3.05, 3.63) is 29.6 Å². The fourth-order valence-electron chi connectivity index (χ4n) is 2.81. The quantitative estimate of drug-likeness (QED) is 0.445. The van der Waals surface area contributed by atoms with Crippen molar-refractivity contribution >= 4 is 45.2 Å². The number of rotatable bonds is 7. The zero-order valence-corrected chi connectivity index (χ0v) is 17.9. The summed E-state index contributed by atoms with van der Waals surface area (Å²) < 4.78 is 1.80. The average molecular weight is 417 g/mol. The van der Waals surface area contributed by atoms with E-state index < -0.39 is 0 Å². The molecule has 148 valence electrons. The summed E-state index contributed by atoms with van der Waals surface area (Å²) in [6, 6.07) is 5.98. The molecule has 0 aliphatic carbocycles. The van der Waals surface area contributed by atoms with Crippen molar-refractivity contribution in [1.82, 2.24) is 25.1 Å². The van der Waals surface area contributed by atoms with Crippen LogP contribution in [0.4, 0.5) is 5.69 Å². The molecule has 0 saturated heterocycles. The van der Waals surface area contributed by atoms with E-state index in [1.165, 1.54) is 11.3 Å². The molecule has 2 aromatic heterocycles. The molecule has 0 aliphatic rings. The Morgan fingerprint density at radius 1 is 1.25 bits per heavy atom. The first-order chi connectivity index (χ1) is 13.5. The van der Waals surface area contributed by atoms with Crippen LogP contribution >= 0.6 is 23.6 Å². The number of thiocarbonyl (C=S) groups is 1. The van der Waals surface area contributed by atoms with E-state index in [-0.39, 0.29) is 5.91 Å². The minimum Gasteiger partial charge on any atom is -0.332 e. The van der Waals surface area contributed by atoms with Crippen LogP contribution in [0.3, 0.4) is 0 Å². The summed E-state index contributed by atoms with van der Waals surface area (Å²) in [7, 11) is 0. The van der Waals surface area contributed by atoms with Crippen LogP contribution in [0.15, 0.2) is 18.2 Å². The lowest BCUT2D eigenvalue weighted by atomic mass is 10.1. The minimum atomic E-state index is -0.0494. The molecule has 0 radical (unpaired) electrons. The second kappa shape index (κ2) is 9.20. The van der Waals surface area contributed by atoms with Crippen LogP contribution in [0.2, 0.25) is 0 Å². The first-order valence-electron chi connectivity index (χ1n) is 9.44. The summed E-state index contributed by atoms with van der Waals surface area (Å²) in [6.07, 6.45) is 4.29. The number of amides is 1. The normalized spacial score (nSPS) is 11.0. The van der Waals surface area contributed by atoms with Crippen molar-refractivity contribution in [3.8, 4) is 10.6 Å². The highest BCUT2D eigenvalue weighted by Gasteiger charge is 2.13. The number of fused-ring (bicyclic) bond motifs is 1. The van der Waals surface area contributed by atoms with Crippen LogP contribution in [0.25, 0.3) is 15.5 Å². The molecule has 1 amide bonds. The zero-order valence-electron chi connectivity index (χ0n) is 16.3. The molecule has 3 aromatic rings. The lowest BCUT2D eigenvalue weighted by molar-refractivity contribution is -0.119. The molecule has 7 nitrogen and oxygen atoms in total. The topological polar surface area (TPSA) is 84.2 Å². The van der Waals surface area contributed by atoms with Gasteiger partial charge in [-0.15, -0.1) is 10.2 Å². The van der Waals surface area contributed by atoms with E-state index in [2.05, 4.69) is 32.9 Å². The summed E-state index contributed by atoms with van der Waals surface area (Å²) in [6.45, 7) is 6.14. The van der Waals surface area contributed by atoms with Gasteiger partial charge in [-0.25, -0.2) is 0 Å². The summed E-state index contributed by atoms with van der Waals surface area (Å²) >= 11 is 6.77. The van der Waals surface area contributed by atoms with Gasteiger partial charge in [-0.1, -0.05) is 38.0 Å². The van der Waals surface area contributed by atoms with Crippen LogP contribution < -0.4 is 10.6 Å². The number of nitrogens with one attached hydrogen (secondary N) is 2. The Bertz CT molecular complexity index is 994. The van der Waals surface area contributed by atoms with Crippen molar-refractivity contribution in [2.45, 2.75) is 52.9 Å². The third kappa shape index (κ3) is 4.71. The molecule has 0 spiro atoms. The van der Waals surface area contributed by atoms with Crippen molar-refractivity contribution in [1.29, 1.82) is 0 Å². The molecule has 2 heterocycles. The summed E-state index contributed by atoms with van der Waals surface area (Å²) in [5.41, 5.74) is 2.89. The van der Waals surface area contributed by atoms with Gasteiger partial charge in [-0.05, 0) is 49.3 Å². The third-order valence-corrected chi connectivity index (χ3v) is 5.51. The summed E-state index contributed by atoms with van der Waals surface area (Å²) in [5.74, 6) is 0.805. The van der Waals surface area contributed by atoms with Crippen molar-refractivity contribution in [2.75, 3.05) is 5.32 Å². The van der Waals surface area contributed by atoms with Crippen molar-refractivity contribution in [3.63, 3.8) is 0 Å². The van der Waals surface area contributed by atoms with Gasteiger partial charge in [0.2, 0.25) is 10.9 Å². The number of hydrogen-bond acceptors (Lipinski definition) is 6. The highest BCUT2D eigenvalue weighted by molar-refractivity contribution is 7.80. The van der Waals surface area contributed by atoms with E-state index in [9.17, 15) is 4.79 Å². The standard InChI is InChI=1S/C19H24N6OS2/c1-4-6-7-8-16(26)21-18(27)20-14-10-9-13(11-12(14)3)17-24-25-15(5-2)22-23-19(25)28-17/h9-11H,4-8H2,1-3H3,(H2,20,21,26,27). The van der Waals surface area contributed by atoms with Gasteiger partial charge in [-0.3, -0.25) is 4.79 Å². The number of benzene rings is 1. The van der Waals surface area contributed by atoms with Crippen molar-refractivity contribution in [2.24, 2.45) is 0 Å². The maximum absolute atomic E-state index is 11.9. The molecular weight excluding hydrogens is 392 g/mol. The Kier molecular flexibility index (Phi) is 6.69. The Morgan fingerprint density at radius 3 is 2.79 bits per heavy atom. The molecule has 0 atom stereocenters. The van der Waals surface area contributed by atoms with Gasteiger partial charge in [0.05, 0.1) is 0 Å². The molecule has 0 aliphatic heterocycles. The monoisotopic (exact) mass is 416 g/mol. The molecule has 3 rings (SSSR count). The van der Waals surface area contributed by atoms with Crippen LogP contribution in [0, 0.1) is 6.92 Å². The Morgan fingerprint density at radius 2 is 2.07 bits per heavy atom. The lowest BCUT2D eigenvalue weighted by Gasteiger charge is -2.12. The number of aryl methyl sites for hydroxylation is 2. The number of hydrogen-bond donors (Lipinski definition) is 2. The number of anilines is 1. The zero-order chi connectivity index (χ0) is 20.1. The number of nitrogens with zero attached hydrogens (tertiary/aromatic N) is 4. The molecule has 28 heavy (non-hydrogen) atoms. The number of carbonyl (C=O) groups is 1. The molecule has 2 N–H and O–H groups in total. The summed E-state index contributed by atoms with van der Waals surface area (Å²) in [5, 5.41) is 20.0. The maximum Gasteiger partial charge on any atom is 0.234 e. The van der Waals surface area contributed by atoms with E-state index in [0.29, 0.717) is 11.5 Å². The summed E-state index contributed by atoms with van der Waals surface area (Å²) in [4.78, 5) is 12.7. The molecule has 1 aromatic carbocycles. The van der Waals surface area contributed by atoms with Crippen LogP contribution in [0.5, 0.6) is 0 Å². The highest BCUT2D eigenvalue weighted by atomic mass is 32.1. The van der Waals surface area contributed by atoms with Gasteiger partial charge in [0.25, 0.3) is 0 Å². The van der Waals surface area contributed by atoms with Gasteiger partial charge in [0, 0.05) is 24.1 Å². The maximum atomic E-state index is 11.9. The SMILES string of the molecule is CCCCCC(=O)NC(=S)Nc1ccc(-c2nn3c(CC)nnc3s2)cc1C. The molecule has 9 heteroatoms. The first kappa shape index (κ1) is 20.3. The molecular formula is C19H24N6OS2. The average Bonchev–Trinajstić information content (AvgIpc) is 3.24. The predicted molar refractivity (Wildman–Crippen MR) is 117 cm³/mol. The highest BCUT2D eigenvalue weighted by Crippen LogP contribution is 2.28. The van der Waals surface area contributed by atoms with E-state index in [1.54, 1.807) is 4.52 Å². The van der Waals surface area contributed by atoms with Gasteiger partial charge < -0.3 is 10.6 Å². The van der Waals surface area contributed by atoms with E-state index >= 15 is 0 Å². The smallest absolute Gasteiger partial charge is 0.234 e. The molecule has 0 bridgehead atoms. The van der Waals surface area contributed by atoms with E-state index in [1.807, 2.05) is 32.0 Å². The fourth-order valence-corrected chi connectivity index (χ4v) is 3.89. The van der Waals surface area contributed by atoms with E-state index in [4.69, 9.17) is 12.2 Å². The Hall–Kier alpha value is -2.39. The van der Waals surface area contributed by atoms with Crippen molar-refractivity contribution < 1.29 is 4.79 Å². The van der Waals surface area contributed by atoms with Gasteiger partial charge in [0.1, 0.15) is 5.01 Å². The minimum absolute atomic E-state index is 0.0494. The van der Waals surface area contributed by atoms with Gasteiger partial charge in [0.15, 0.2) is 10.9 Å². The Balaban J connectivity index is 1.67. The lowest BCUT2D eigenvalue weighted by Crippen LogP contribution is -2.34. The molecule has 0 saturated carbocycles. The molecule has 0 fully saturated rings. The number of unbranched alkanes of at least 4 members (excludes halogenated alkanes) is 2. The van der Waals surface area contributed by atoms with Crippen LogP contribution in [-0.2, 0) is 11.2 Å². The fraction of sp³-hybridized carbons (Fsp3) is 0.421. The van der Waals surface area contributed by atoms with Crippen LogP contribution in [-0.4, -0.2) is 30.8 Å². The first-order valence-corrected chi connectivity index (χ1v) is 10.7. The van der Waals surface area contributed by atoms with Crippen LogP contribution in [0.1, 0.15) is 50.9 Å². The Labute approximate surface area is 173 Å². The third-order valence-electron chi connectivity index (χ3n) is 4.35.